The van der Waals surface area contributed by atoms with E-state index in [-0.39, 0.29) is 5.70 Å². The normalized spacial score (nSPS) is 14.4. The Balaban J connectivity index is 1.45. The molecule has 1 saturated heterocycles. The monoisotopic (exact) mass is 427 g/mol. The van der Waals surface area contributed by atoms with Gasteiger partial charge in [0.1, 0.15) is 18.0 Å². The molecule has 0 radical (unpaired) electrons. The van der Waals surface area contributed by atoms with E-state index in [4.69, 9.17) is 4.74 Å². The van der Waals surface area contributed by atoms with Crippen molar-refractivity contribution in [1.82, 2.24) is 10.2 Å². The highest BCUT2D eigenvalue weighted by molar-refractivity contribution is 6.16. The predicted octanol–water partition coefficient (Wildman–Crippen LogP) is 3.89. The second-order valence-electron chi connectivity index (χ2n) is 7.15. The number of anilines is 1. The zero-order valence-corrected chi connectivity index (χ0v) is 17.4. The van der Waals surface area contributed by atoms with E-state index in [1.54, 1.807) is 37.5 Å². The lowest BCUT2D eigenvalue weighted by molar-refractivity contribution is -0.127. The van der Waals surface area contributed by atoms with Crippen molar-refractivity contribution in [1.29, 1.82) is 0 Å². The van der Waals surface area contributed by atoms with E-state index in [9.17, 15) is 14.4 Å². The largest absolute Gasteiger partial charge is 0.497 e. The molecule has 1 aliphatic rings. The van der Waals surface area contributed by atoms with Crippen LogP contribution in [0.4, 0.5) is 10.5 Å². The highest BCUT2D eigenvalue weighted by Gasteiger charge is 2.34. The Hall–Kier alpha value is -4.39. The number of carbonyl (C=O) groups excluding carboxylic acids is 3. The summed E-state index contributed by atoms with van der Waals surface area (Å²) in [5.74, 6) is -0.376. The third-order valence-corrected chi connectivity index (χ3v) is 4.94. The summed E-state index contributed by atoms with van der Waals surface area (Å²) in [6, 6.07) is 23.6. The fourth-order valence-corrected chi connectivity index (χ4v) is 3.34. The SMILES string of the molecule is COc1ccc(NC(=O)CN2C(=O)NC(=Cc3cccc(-c4ccccc4)c3)C2=O)cc1. The molecule has 1 aliphatic heterocycles. The Bertz CT molecular complexity index is 1190. The first-order chi connectivity index (χ1) is 15.5. The van der Waals surface area contributed by atoms with Crippen LogP contribution in [0.15, 0.2) is 84.6 Å². The van der Waals surface area contributed by atoms with E-state index >= 15 is 0 Å². The van der Waals surface area contributed by atoms with Gasteiger partial charge in [0.15, 0.2) is 0 Å². The summed E-state index contributed by atoms with van der Waals surface area (Å²) >= 11 is 0. The van der Waals surface area contributed by atoms with E-state index < -0.39 is 24.4 Å². The lowest BCUT2D eigenvalue weighted by Crippen LogP contribution is -2.38. The second kappa shape index (κ2) is 9.18. The number of benzene rings is 3. The quantitative estimate of drug-likeness (QED) is 0.461. The van der Waals surface area contributed by atoms with Gasteiger partial charge in [0.05, 0.1) is 7.11 Å². The van der Waals surface area contributed by atoms with Gasteiger partial charge in [-0.3, -0.25) is 9.59 Å². The predicted molar refractivity (Wildman–Crippen MR) is 122 cm³/mol. The molecule has 7 heteroatoms. The first-order valence-electron chi connectivity index (χ1n) is 9.97. The summed E-state index contributed by atoms with van der Waals surface area (Å²) in [6.07, 6.45) is 1.61. The number of ether oxygens (including phenoxy) is 1. The first kappa shape index (κ1) is 20.9. The van der Waals surface area contributed by atoms with Crippen LogP contribution in [0.25, 0.3) is 17.2 Å². The zero-order valence-electron chi connectivity index (χ0n) is 17.4. The summed E-state index contributed by atoms with van der Waals surface area (Å²) < 4.78 is 5.08. The number of nitrogens with zero attached hydrogens (tertiary/aromatic N) is 1. The van der Waals surface area contributed by atoms with Crippen LogP contribution in [-0.4, -0.2) is 36.4 Å². The topological polar surface area (TPSA) is 87.7 Å². The maximum Gasteiger partial charge on any atom is 0.329 e. The van der Waals surface area contributed by atoms with Crippen molar-refractivity contribution >= 4 is 29.6 Å². The summed E-state index contributed by atoms with van der Waals surface area (Å²) in [4.78, 5) is 38.3. The van der Waals surface area contributed by atoms with Gasteiger partial charge in [-0.1, -0.05) is 48.5 Å². The number of rotatable bonds is 6. The smallest absolute Gasteiger partial charge is 0.329 e. The van der Waals surface area contributed by atoms with Crippen LogP contribution in [0.3, 0.4) is 0 Å². The fraction of sp³-hybridized carbons (Fsp3) is 0.0800. The average Bonchev–Trinajstić information content (AvgIpc) is 3.07. The highest BCUT2D eigenvalue weighted by Crippen LogP contribution is 2.22. The number of amides is 4. The standard InChI is InChI=1S/C25H21N3O4/c1-32-21-12-10-20(11-13-21)26-23(29)16-28-24(30)22(27-25(28)31)15-17-6-5-9-19(14-17)18-7-3-2-4-8-18/h2-15H,16H2,1H3,(H,26,29)(H,27,31). The Morgan fingerprint density at radius 3 is 2.41 bits per heavy atom. The molecule has 1 fully saturated rings. The van der Waals surface area contributed by atoms with Crippen molar-refractivity contribution in [3.63, 3.8) is 0 Å². The number of nitrogens with one attached hydrogen (secondary N) is 2. The summed E-state index contributed by atoms with van der Waals surface area (Å²) in [7, 11) is 1.55. The molecule has 0 aliphatic carbocycles. The fourth-order valence-electron chi connectivity index (χ4n) is 3.34. The van der Waals surface area contributed by atoms with Crippen molar-refractivity contribution in [2.75, 3.05) is 19.0 Å². The van der Waals surface area contributed by atoms with Gasteiger partial charge in [0.2, 0.25) is 5.91 Å². The average molecular weight is 427 g/mol. The van der Waals surface area contributed by atoms with Gasteiger partial charge in [0, 0.05) is 5.69 Å². The minimum Gasteiger partial charge on any atom is -0.497 e. The van der Waals surface area contributed by atoms with Crippen LogP contribution in [-0.2, 0) is 9.59 Å². The van der Waals surface area contributed by atoms with E-state index in [2.05, 4.69) is 10.6 Å². The van der Waals surface area contributed by atoms with Gasteiger partial charge in [-0.05, 0) is 53.1 Å². The summed E-state index contributed by atoms with van der Waals surface area (Å²) in [5.41, 5.74) is 3.46. The van der Waals surface area contributed by atoms with Gasteiger partial charge in [-0.15, -0.1) is 0 Å². The number of hydrogen-bond acceptors (Lipinski definition) is 4. The van der Waals surface area contributed by atoms with Crippen molar-refractivity contribution in [2.24, 2.45) is 0 Å². The molecule has 0 atom stereocenters. The molecule has 4 rings (SSSR count). The van der Waals surface area contributed by atoms with Crippen LogP contribution < -0.4 is 15.4 Å². The minimum atomic E-state index is -0.634. The second-order valence-corrected chi connectivity index (χ2v) is 7.15. The molecule has 4 amide bonds. The lowest BCUT2D eigenvalue weighted by atomic mass is 10.0. The molecule has 32 heavy (non-hydrogen) atoms. The van der Waals surface area contributed by atoms with Crippen LogP contribution >= 0.6 is 0 Å². The molecule has 0 unspecified atom stereocenters. The third kappa shape index (κ3) is 4.67. The molecule has 0 aromatic heterocycles. The first-order valence-corrected chi connectivity index (χ1v) is 9.97. The van der Waals surface area contributed by atoms with Gasteiger partial charge in [-0.2, -0.15) is 0 Å². The van der Waals surface area contributed by atoms with Crippen LogP contribution in [0, 0.1) is 0 Å². The number of urea groups is 1. The van der Waals surface area contributed by atoms with E-state index in [0.717, 1.165) is 21.6 Å². The van der Waals surface area contributed by atoms with Gasteiger partial charge >= 0.3 is 6.03 Å². The van der Waals surface area contributed by atoms with Crippen LogP contribution in [0.2, 0.25) is 0 Å². The number of methoxy groups -OCH3 is 1. The van der Waals surface area contributed by atoms with Crippen molar-refractivity contribution < 1.29 is 19.1 Å². The Kier molecular flexibility index (Phi) is 5.98. The molecule has 1 heterocycles. The van der Waals surface area contributed by atoms with E-state index in [1.165, 1.54) is 0 Å². The minimum absolute atomic E-state index is 0.123. The van der Waals surface area contributed by atoms with Crippen molar-refractivity contribution in [2.45, 2.75) is 0 Å². The molecule has 160 valence electrons. The van der Waals surface area contributed by atoms with Crippen molar-refractivity contribution in [3.8, 4) is 16.9 Å². The van der Waals surface area contributed by atoms with Crippen LogP contribution in [0.5, 0.6) is 5.75 Å². The third-order valence-electron chi connectivity index (χ3n) is 4.94. The summed E-state index contributed by atoms with van der Waals surface area (Å²) in [5, 5.41) is 5.21. The molecular weight excluding hydrogens is 406 g/mol. The van der Waals surface area contributed by atoms with Gasteiger partial charge in [0.25, 0.3) is 5.91 Å². The van der Waals surface area contributed by atoms with E-state index in [1.807, 2.05) is 54.6 Å². The zero-order chi connectivity index (χ0) is 22.5. The number of imide groups is 1. The molecule has 3 aromatic carbocycles. The lowest BCUT2D eigenvalue weighted by Gasteiger charge is -2.12. The number of carbonyl (C=O) groups is 3. The molecule has 0 spiro atoms. The molecule has 2 N–H and O–H groups in total. The molecule has 7 nitrogen and oxygen atoms in total. The molecule has 0 bridgehead atoms. The van der Waals surface area contributed by atoms with E-state index in [0.29, 0.717) is 11.4 Å². The maximum absolute atomic E-state index is 12.7. The number of hydrogen-bond donors (Lipinski definition) is 2. The molecule has 0 saturated carbocycles. The van der Waals surface area contributed by atoms with Gasteiger partial charge < -0.3 is 15.4 Å². The van der Waals surface area contributed by atoms with Crippen molar-refractivity contribution in [3.05, 3.63) is 90.1 Å². The Morgan fingerprint density at radius 2 is 1.69 bits per heavy atom. The Labute approximate surface area is 185 Å². The maximum atomic E-state index is 12.7. The summed E-state index contributed by atoms with van der Waals surface area (Å²) in [6.45, 7) is -0.391. The highest BCUT2D eigenvalue weighted by atomic mass is 16.5. The van der Waals surface area contributed by atoms with Crippen LogP contribution in [0.1, 0.15) is 5.56 Å². The molecule has 3 aromatic rings. The Morgan fingerprint density at radius 1 is 0.969 bits per heavy atom. The molecular formula is C25H21N3O4. The van der Waals surface area contributed by atoms with Gasteiger partial charge in [-0.25, -0.2) is 9.69 Å².